The van der Waals surface area contributed by atoms with Gasteiger partial charge in [0.25, 0.3) is 0 Å². The van der Waals surface area contributed by atoms with Crippen LogP contribution in [0.1, 0.15) is 16.0 Å². The standard InChI is InChI=1S/C15H13Br2IO2/c1-19-10-4-6-14(20-2)12(8-10)15(17)11-7-9(18)3-5-13(11)16/h3-8,15H,1-2H3. The predicted molar refractivity (Wildman–Crippen MR) is 97.2 cm³/mol. The molecule has 0 saturated heterocycles. The van der Waals surface area contributed by atoms with Crippen LogP contribution in [0.15, 0.2) is 40.9 Å². The van der Waals surface area contributed by atoms with E-state index in [1.54, 1.807) is 14.2 Å². The molecule has 2 aromatic rings. The molecule has 0 aliphatic carbocycles. The molecule has 0 aliphatic rings. The predicted octanol–water partition coefficient (Wildman–Crippen LogP) is 5.56. The number of halogens is 3. The number of alkyl halides is 1. The summed E-state index contributed by atoms with van der Waals surface area (Å²) in [6.45, 7) is 0. The van der Waals surface area contributed by atoms with Crippen LogP contribution < -0.4 is 9.47 Å². The molecule has 0 N–H and O–H groups in total. The third kappa shape index (κ3) is 3.49. The van der Waals surface area contributed by atoms with E-state index in [1.165, 1.54) is 3.57 Å². The Morgan fingerprint density at radius 2 is 1.75 bits per heavy atom. The average molecular weight is 512 g/mol. The summed E-state index contributed by atoms with van der Waals surface area (Å²) in [5.41, 5.74) is 2.19. The van der Waals surface area contributed by atoms with Gasteiger partial charge in [0, 0.05) is 13.6 Å². The van der Waals surface area contributed by atoms with Gasteiger partial charge >= 0.3 is 0 Å². The molecule has 106 valence electrons. The number of ether oxygens (including phenoxy) is 2. The summed E-state index contributed by atoms with van der Waals surface area (Å²) in [5.74, 6) is 1.64. The maximum absolute atomic E-state index is 5.45. The van der Waals surface area contributed by atoms with E-state index < -0.39 is 0 Å². The SMILES string of the molecule is COc1ccc(OC)c(C(Br)c2cc(I)ccc2Br)c1. The lowest BCUT2D eigenvalue weighted by Crippen LogP contribution is -1.99. The smallest absolute Gasteiger partial charge is 0.123 e. The molecule has 20 heavy (non-hydrogen) atoms. The van der Waals surface area contributed by atoms with Crippen LogP contribution in [0.25, 0.3) is 0 Å². The van der Waals surface area contributed by atoms with Crippen LogP contribution in [0.4, 0.5) is 0 Å². The number of methoxy groups -OCH3 is 2. The normalized spacial score (nSPS) is 12.1. The maximum atomic E-state index is 5.45. The second kappa shape index (κ2) is 7.13. The summed E-state index contributed by atoms with van der Waals surface area (Å²) in [7, 11) is 3.34. The van der Waals surface area contributed by atoms with Crippen molar-refractivity contribution < 1.29 is 9.47 Å². The topological polar surface area (TPSA) is 18.5 Å². The maximum Gasteiger partial charge on any atom is 0.123 e. The fourth-order valence-electron chi connectivity index (χ4n) is 1.91. The Bertz CT molecular complexity index is 617. The molecule has 0 amide bonds. The Morgan fingerprint density at radius 3 is 2.40 bits per heavy atom. The molecule has 0 spiro atoms. The fraction of sp³-hybridized carbons (Fsp3) is 0.200. The first-order chi connectivity index (χ1) is 9.56. The molecule has 2 rings (SSSR count). The lowest BCUT2D eigenvalue weighted by Gasteiger charge is -2.17. The van der Waals surface area contributed by atoms with E-state index in [4.69, 9.17) is 9.47 Å². The minimum atomic E-state index is 0.0247. The highest BCUT2D eigenvalue weighted by atomic mass is 127. The second-order valence-corrected chi connectivity index (χ2v) is 7.15. The van der Waals surface area contributed by atoms with E-state index in [9.17, 15) is 0 Å². The largest absolute Gasteiger partial charge is 0.497 e. The van der Waals surface area contributed by atoms with Gasteiger partial charge in [0.2, 0.25) is 0 Å². The molecule has 0 heterocycles. The molecule has 2 aromatic carbocycles. The minimum Gasteiger partial charge on any atom is -0.497 e. The fourth-order valence-corrected chi connectivity index (χ4v) is 3.95. The van der Waals surface area contributed by atoms with Gasteiger partial charge in [0.05, 0.1) is 19.0 Å². The van der Waals surface area contributed by atoms with Crippen molar-refractivity contribution in [2.45, 2.75) is 4.83 Å². The van der Waals surface area contributed by atoms with Crippen LogP contribution in [0.5, 0.6) is 11.5 Å². The minimum absolute atomic E-state index is 0.0247. The Morgan fingerprint density at radius 1 is 1.00 bits per heavy atom. The number of rotatable bonds is 4. The van der Waals surface area contributed by atoms with Crippen molar-refractivity contribution in [1.29, 1.82) is 0 Å². The molecule has 1 unspecified atom stereocenters. The Hall–Kier alpha value is -0.270. The molecular weight excluding hydrogens is 499 g/mol. The van der Waals surface area contributed by atoms with Crippen molar-refractivity contribution in [3.05, 3.63) is 55.6 Å². The Balaban J connectivity index is 2.51. The van der Waals surface area contributed by atoms with Crippen molar-refractivity contribution in [3.63, 3.8) is 0 Å². The lowest BCUT2D eigenvalue weighted by atomic mass is 10.0. The van der Waals surface area contributed by atoms with E-state index >= 15 is 0 Å². The summed E-state index contributed by atoms with van der Waals surface area (Å²) in [4.78, 5) is 0.0247. The quantitative estimate of drug-likeness (QED) is 0.395. The summed E-state index contributed by atoms with van der Waals surface area (Å²) >= 11 is 9.68. The van der Waals surface area contributed by atoms with E-state index in [2.05, 4.69) is 72.6 Å². The van der Waals surface area contributed by atoms with Gasteiger partial charge in [-0.15, -0.1) is 0 Å². The zero-order valence-corrected chi connectivity index (χ0v) is 16.3. The monoisotopic (exact) mass is 510 g/mol. The highest BCUT2D eigenvalue weighted by Crippen LogP contribution is 2.41. The molecule has 0 aliphatic heterocycles. The van der Waals surface area contributed by atoms with E-state index in [-0.39, 0.29) is 4.83 Å². The van der Waals surface area contributed by atoms with Crippen LogP contribution in [0.2, 0.25) is 0 Å². The molecule has 0 radical (unpaired) electrons. The third-order valence-corrected chi connectivity index (χ3v) is 5.32. The summed E-state index contributed by atoms with van der Waals surface area (Å²) < 4.78 is 13.0. The highest BCUT2D eigenvalue weighted by molar-refractivity contribution is 14.1. The van der Waals surface area contributed by atoms with Gasteiger partial charge in [-0.25, -0.2) is 0 Å². The van der Waals surface area contributed by atoms with Crippen molar-refractivity contribution in [2.75, 3.05) is 14.2 Å². The van der Waals surface area contributed by atoms with Crippen LogP contribution in [-0.2, 0) is 0 Å². The summed E-state index contributed by atoms with van der Waals surface area (Å²) in [5, 5.41) is 0. The Labute approximate surface area is 149 Å². The first kappa shape index (κ1) is 16.1. The van der Waals surface area contributed by atoms with E-state index in [1.807, 2.05) is 18.2 Å². The number of benzene rings is 2. The van der Waals surface area contributed by atoms with Crippen molar-refractivity contribution in [1.82, 2.24) is 0 Å². The van der Waals surface area contributed by atoms with Crippen molar-refractivity contribution in [3.8, 4) is 11.5 Å². The average Bonchev–Trinajstić information content (AvgIpc) is 2.48. The van der Waals surface area contributed by atoms with Gasteiger partial charge in [-0.05, 0) is 64.6 Å². The molecule has 0 fully saturated rings. The van der Waals surface area contributed by atoms with Crippen LogP contribution >= 0.6 is 54.5 Å². The second-order valence-electron chi connectivity index (χ2n) is 4.14. The Kier molecular flexibility index (Phi) is 5.74. The first-order valence-corrected chi connectivity index (χ1v) is 8.66. The summed E-state index contributed by atoms with van der Waals surface area (Å²) in [6, 6.07) is 12.1. The van der Waals surface area contributed by atoms with Gasteiger partial charge in [-0.3, -0.25) is 0 Å². The van der Waals surface area contributed by atoms with Gasteiger partial charge < -0.3 is 9.47 Å². The van der Waals surface area contributed by atoms with Crippen LogP contribution in [0.3, 0.4) is 0 Å². The molecule has 1 atom stereocenters. The molecular formula is C15H13Br2IO2. The molecule has 0 aromatic heterocycles. The molecule has 0 saturated carbocycles. The van der Waals surface area contributed by atoms with Gasteiger partial charge in [0.1, 0.15) is 11.5 Å². The molecule has 5 heteroatoms. The van der Waals surface area contributed by atoms with Crippen molar-refractivity contribution in [2.24, 2.45) is 0 Å². The summed E-state index contributed by atoms with van der Waals surface area (Å²) in [6.07, 6.45) is 0. The highest BCUT2D eigenvalue weighted by Gasteiger charge is 2.19. The van der Waals surface area contributed by atoms with Gasteiger partial charge in [0.15, 0.2) is 0 Å². The van der Waals surface area contributed by atoms with Gasteiger partial charge in [-0.2, -0.15) is 0 Å². The third-order valence-electron chi connectivity index (χ3n) is 2.94. The van der Waals surface area contributed by atoms with Crippen molar-refractivity contribution >= 4 is 54.5 Å². The first-order valence-electron chi connectivity index (χ1n) is 5.87. The zero-order valence-electron chi connectivity index (χ0n) is 11.0. The number of hydrogen-bond acceptors (Lipinski definition) is 2. The number of hydrogen-bond donors (Lipinski definition) is 0. The zero-order chi connectivity index (χ0) is 14.7. The van der Waals surface area contributed by atoms with Crippen LogP contribution in [0, 0.1) is 3.57 Å². The van der Waals surface area contributed by atoms with E-state index in [0.29, 0.717) is 0 Å². The van der Waals surface area contributed by atoms with Crippen LogP contribution in [-0.4, -0.2) is 14.2 Å². The molecule has 0 bridgehead atoms. The molecule has 2 nitrogen and oxygen atoms in total. The lowest BCUT2D eigenvalue weighted by molar-refractivity contribution is 0.399. The van der Waals surface area contributed by atoms with Gasteiger partial charge in [-0.1, -0.05) is 31.9 Å². The van der Waals surface area contributed by atoms with E-state index in [0.717, 1.165) is 27.1 Å².